The first-order chi connectivity index (χ1) is 11.3. The van der Waals surface area contributed by atoms with Gasteiger partial charge in [0.15, 0.2) is 0 Å². The van der Waals surface area contributed by atoms with Crippen LogP contribution in [0.2, 0.25) is 0 Å². The molecule has 1 aliphatic rings. The van der Waals surface area contributed by atoms with Gasteiger partial charge in [-0.15, -0.1) is 0 Å². The fourth-order valence-corrected chi connectivity index (χ4v) is 3.35. The molecule has 134 valence electrons. The Labute approximate surface area is 141 Å². The fraction of sp³-hybridized carbons (Fsp3) is 0.895. The molecule has 1 aliphatic carbocycles. The zero-order chi connectivity index (χ0) is 16.8. The van der Waals surface area contributed by atoms with Crippen LogP contribution < -0.4 is 0 Å². The van der Waals surface area contributed by atoms with Gasteiger partial charge in [0.2, 0.25) is 0 Å². The lowest BCUT2D eigenvalue weighted by Gasteiger charge is -2.27. The molecule has 0 saturated heterocycles. The molecule has 0 radical (unpaired) electrons. The second kappa shape index (κ2) is 13.4. The van der Waals surface area contributed by atoms with Gasteiger partial charge in [-0.25, -0.2) is 0 Å². The number of carbonyl (C=O) groups is 2. The SMILES string of the molecule is CCCCCC1CCC(C(=O)OCCCCCCOC=O)CC1. The van der Waals surface area contributed by atoms with E-state index in [2.05, 4.69) is 11.7 Å². The van der Waals surface area contributed by atoms with E-state index >= 15 is 0 Å². The van der Waals surface area contributed by atoms with Crippen molar-refractivity contribution in [3.05, 3.63) is 0 Å². The maximum Gasteiger partial charge on any atom is 0.308 e. The second-order valence-electron chi connectivity index (χ2n) is 6.76. The minimum absolute atomic E-state index is 0.0151. The predicted molar refractivity (Wildman–Crippen MR) is 91.0 cm³/mol. The van der Waals surface area contributed by atoms with Crippen LogP contribution in [0.4, 0.5) is 0 Å². The average Bonchev–Trinajstić information content (AvgIpc) is 2.58. The van der Waals surface area contributed by atoms with Crippen LogP contribution in [0.25, 0.3) is 0 Å². The predicted octanol–water partition coefficient (Wildman–Crippen LogP) is 4.65. The van der Waals surface area contributed by atoms with Crippen LogP contribution >= 0.6 is 0 Å². The van der Waals surface area contributed by atoms with Gasteiger partial charge in [-0.2, -0.15) is 0 Å². The molecular formula is C19H34O4. The number of carbonyl (C=O) groups excluding carboxylic acids is 2. The topological polar surface area (TPSA) is 52.6 Å². The highest BCUT2D eigenvalue weighted by Crippen LogP contribution is 2.32. The molecule has 0 N–H and O–H groups in total. The van der Waals surface area contributed by atoms with Crippen LogP contribution in [0.5, 0.6) is 0 Å². The summed E-state index contributed by atoms with van der Waals surface area (Å²) in [7, 11) is 0. The smallest absolute Gasteiger partial charge is 0.308 e. The molecule has 23 heavy (non-hydrogen) atoms. The highest BCUT2D eigenvalue weighted by Gasteiger charge is 2.26. The standard InChI is InChI=1S/C19H34O4/c1-2-3-6-9-17-10-12-18(13-11-17)19(21)23-15-8-5-4-7-14-22-16-20/h16-18H,2-15H2,1H3. The first-order valence-corrected chi connectivity index (χ1v) is 9.49. The molecule has 0 aromatic heterocycles. The molecule has 4 heteroatoms. The van der Waals surface area contributed by atoms with Crippen LogP contribution in [-0.2, 0) is 19.1 Å². The summed E-state index contributed by atoms with van der Waals surface area (Å²) < 4.78 is 10.0. The van der Waals surface area contributed by atoms with E-state index in [1.54, 1.807) is 0 Å². The van der Waals surface area contributed by atoms with Gasteiger partial charge in [0.25, 0.3) is 6.47 Å². The first kappa shape index (κ1) is 20.0. The van der Waals surface area contributed by atoms with Crippen LogP contribution in [0.15, 0.2) is 0 Å². The molecule has 0 amide bonds. The number of ether oxygens (including phenoxy) is 2. The molecule has 0 aliphatic heterocycles. The lowest BCUT2D eigenvalue weighted by atomic mass is 9.80. The van der Waals surface area contributed by atoms with Crippen molar-refractivity contribution in [1.82, 2.24) is 0 Å². The van der Waals surface area contributed by atoms with Crippen LogP contribution in [0.1, 0.15) is 84.0 Å². The van der Waals surface area contributed by atoms with Gasteiger partial charge >= 0.3 is 5.97 Å². The molecule has 1 rings (SSSR count). The Morgan fingerprint density at radius 3 is 2.30 bits per heavy atom. The summed E-state index contributed by atoms with van der Waals surface area (Å²) in [6.07, 6.45) is 13.5. The van der Waals surface area contributed by atoms with E-state index in [-0.39, 0.29) is 11.9 Å². The third-order valence-corrected chi connectivity index (χ3v) is 4.86. The number of esters is 1. The van der Waals surface area contributed by atoms with E-state index in [9.17, 15) is 9.59 Å². The van der Waals surface area contributed by atoms with Crippen molar-refractivity contribution in [2.75, 3.05) is 13.2 Å². The number of rotatable bonds is 13. The molecular weight excluding hydrogens is 292 g/mol. The molecule has 0 bridgehead atoms. The Kier molecular flexibility index (Phi) is 11.6. The first-order valence-electron chi connectivity index (χ1n) is 9.49. The number of hydrogen-bond donors (Lipinski definition) is 0. The Balaban J connectivity index is 1.98. The van der Waals surface area contributed by atoms with Crippen molar-refractivity contribution < 1.29 is 19.1 Å². The van der Waals surface area contributed by atoms with E-state index < -0.39 is 0 Å². The molecule has 0 atom stereocenters. The van der Waals surface area contributed by atoms with E-state index in [1.807, 2.05) is 0 Å². The molecule has 1 saturated carbocycles. The second-order valence-corrected chi connectivity index (χ2v) is 6.76. The largest absolute Gasteiger partial charge is 0.468 e. The highest BCUT2D eigenvalue weighted by atomic mass is 16.5. The summed E-state index contributed by atoms with van der Waals surface area (Å²) in [6.45, 7) is 3.75. The molecule has 4 nitrogen and oxygen atoms in total. The molecule has 0 aromatic rings. The van der Waals surface area contributed by atoms with E-state index in [4.69, 9.17) is 4.74 Å². The quantitative estimate of drug-likeness (QED) is 0.281. The average molecular weight is 326 g/mol. The van der Waals surface area contributed by atoms with Crippen LogP contribution in [0.3, 0.4) is 0 Å². The number of hydrogen-bond acceptors (Lipinski definition) is 4. The Morgan fingerprint density at radius 2 is 1.65 bits per heavy atom. The van der Waals surface area contributed by atoms with Gasteiger partial charge in [0.1, 0.15) is 0 Å². The van der Waals surface area contributed by atoms with E-state index in [0.29, 0.717) is 19.7 Å². The van der Waals surface area contributed by atoms with Gasteiger partial charge in [-0.1, -0.05) is 32.6 Å². The Morgan fingerprint density at radius 1 is 0.957 bits per heavy atom. The van der Waals surface area contributed by atoms with Crippen molar-refractivity contribution in [2.45, 2.75) is 84.0 Å². The third-order valence-electron chi connectivity index (χ3n) is 4.86. The molecule has 0 heterocycles. The minimum Gasteiger partial charge on any atom is -0.468 e. The van der Waals surface area contributed by atoms with Crippen molar-refractivity contribution in [3.63, 3.8) is 0 Å². The maximum atomic E-state index is 12.1. The maximum absolute atomic E-state index is 12.1. The van der Waals surface area contributed by atoms with Gasteiger partial charge < -0.3 is 9.47 Å². The zero-order valence-electron chi connectivity index (χ0n) is 14.8. The third kappa shape index (κ3) is 9.62. The van der Waals surface area contributed by atoms with Crippen LogP contribution in [0, 0.1) is 11.8 Å². The van der Waals surface area contributed by atoms with Gasteiger partial charge in [0.05, 0.1) is 19.1 Å². The van der Waals surface area contributed by atoms with E-state index in [0.717, 1.165) is 44.4 Å². The summed E-state index contributed by atoms with van der Waals surface area (Å²) in [4.78, 5) is 22.0. The number of unbranched alkanes of at least 4 members (excludes halogenated alkanes) is 5. The lowest BCUT2D eigenvalue weighted by molar-refractivity contribution is -0.150. The van der Waals surface area contributed by atoms with Crippen molar-refractivity contribution in [3.8, 4) is 0 Å². The fourth-order valence-electron chi connectivity index (χ4n) is 3.35. The van der Waals surface area contributed by atoms with Crippen LogP contribution in [-0.4, -0.2) is 25.7 Å². The van der Waals surface area contributed by atoms with Crippen molar-refractivity contribution in [2.24, 2.45) is 11.8 Å². The monoisotopic (exact) mass is 326 g/mol. The normalized spacial score (nSPS) is 20.9. The summed E-state index contributed by atoms with van der Waals surface area (Å²) in [5, 5.41) is 0. The van der Waals surface area contributed by atoms with Gasteiger partial charge in [-0.05, 0) is 57.3 Å². The zero-order valence-corrected chi connectivity index (χ0v) is 14.8. The Hall–Kier alpha value is -1.06. The molecule has 1 fully saturated rings. The van der Waals surface area contributed by atoms with Crippen molar-refractivity contribution in [1.29, 1.82) is 0 Å². The van der Waals surface area contributed by atoms with Crippen molar-refractivity contribution >= 4 is 12.4 Å². The summed E-state index contributed by atoms with van der Waals surface area (Å²) in [5.41, 5.74) is 0. The van der Waals surface area contributed by atoms with Gasteiger partial charge in [0, 0.05) is 0 Å². The molecule has 0 unspecified atom stereocenters. The minimum atomic E-state index is 0.0151. The summed E-state index contributed by atoms with van der Waals surface area (Å²) >= 11 is 0. The lowest BCUT2D eigenvalue weighted by Crippen LogP contribution is -2.24. The summed E-state index contributed by atoms with van der Waals surface area (Å²) in [6, 6.07) is 0. The van der Waals surface area contributed by atoms with E-state index in [1.165, 1.54) is 38.5 Å². The van der Waals surface area contributed by atoms with Gasteiger partial charge in [-0.3, -0.25) is 9.59 Å². The Bertz CT molecular complexity index is 308. The highest BCUT2D eigenvalue weighted by molar-refractivity contribution is 5.72. The molecule has 0 spiro atoms. The summed E-state index contributed by atoms with van der Waals surface area (Å²) in [5.74, 6) is 0.985. The molecule has 0 aromatic carbocycles.